The number of hydrogen-bond donors (Lipinski definition) is 2. The van der Waals surface area contributed by atoms with Crippen LogP contribution in [-0.2, 0) is 25.7 Å². The number of carbonyl (C=O) groups is 3. The number of ether oxygens (including phenoxy) is 2. The standard InChI is InChI=1S/C25H36ClN3O5/c26-16-23(30)22(18-34-17-20-9-5-2-6-10-20)27-24(31)21(15-19-7-3-1-4-8-19)28-25(32)29-11-13-33-14-12-29/h2,5-6,9-10,19,21-22H,1,3-4,7-8,11-18H2,(H,27,31)(H,28,32)/t21-,22-/m0/s1. The molecule has 0 radical (unpaired) electrons. The number of carbonyl (C=O) groups excluding carboxylic acids is 3. The van der Waals surface area contributed by atoms with Gasteiger partial charge in [0, 0.05) is 13.1 Å². The minimum Gasteiger partial charge on any atom is -0.378 e. The number of amides is 3. The largest absolute Gasteiger partial charge is 0.378 e. The van der Waals surface area contributed by atoms with Crippen molar-refractivity contribution in [1.82, 2.24) is 15.5 Å². The van der Waals surface area contributed by atoms with Gasteiger partial charge in [0.2, 0.25) is 5.91 Å². The summed E-state index contributed by atoms with van der Waals surface area (Å²) in [6.45, 7) is 2.28. The normalized spacial score (nSPS) is 18.7. The van der Waals surface area contributed by atoms with E-state index in [1.165, 1.54) is 6.42 Å². The van der Waals surface area contributed by atoms with Crippen LogP contribution >= 0.6 is 11.6 Å². The number of ketones is 1. The van der Waals surface area contributed by atoms with Gasteiger partial charge in [-0.05, 0) is 17.9 Å². The average molecular weight is 494 g/mol. The Balaban J connectivity index is 1.61. The number of rotatable bonds is 11. The highest BCUT2D eigenvalue weighted by Crippen LogP contribution is 2.27. The second-order valence-electron chi connectivity index (χ2n) is 9.00. The molecule has 1 heterocycles. The number of urea groups is 1. The first kappa shape index (κ1) is 26.4. The van der Waals surface area contributed by atoms with Crippen LogP contribution in [0.2, 0.25) is 0 Å². The summed E-state index contributed by atoms with van der Waals surface area (Å²) in [7, 11) is 0. The molecule has 1 saturated carbocycles. The van der Waals surface area contributed by atoms with Gasteiger partial charge >= 0.3 is 6.03 Å². The van der Waals surface area contributed by atoms with Crippen molar-refractivity contribution in [3.63, 3.8) is 0 Å². The van der Waals surface area contributed by atoms with Gasteiger partial charge in [0.15, 0.2) is 5.78 Å². The van der Waals surface area contributed by atoms with Crippen LogP contribution in [0.1, 0.15) is 44.1 Å². The summed E-state index contributed by atoms with van der Waals surface area (Å²) in [6.07, 6.45) is 6.12. The van der Waals surface area contributed by atoms with Crippen molar-refractivity contribution < 1.29 is 23.9 Å². The zero-order chi connectivity index (χ0) is 24.2. The third-order valence-electron chi connectivity index (χ3n) is 6.44. The quantitative estimate of drug-likeness (QED) is 0.462. The Morgan fingerprint density at radius 1 is 1.03 bits per heavy atom. The minimum absolute atomic E-state index is 0.0136. The Bertz CT molecular complexity index is 782. The monoisotopic (exact) mass is 493 g/mol. The molecule has 8 nitrogen and oxygen atoms in total. The zero-order valence-corrected chi connectivity index (χ0v) is 20.4. The summed E-state index contributed by atoms with van der Waals surface area (Å²) in [6, 6.07) is 7.72. The number of alkyl halides is 1. The van der Waals surface area contributed by atoms with Gasteiger partial charge in [-0.25, -0.2) is 4.79 Å². The lowest BCUT2D eigenvalue weighted by atomic mass is 9.84. The Hall–Kier alpha value is -2.16. The Morgan fingerprint density at radius 2 is 1.74 bits per heavy atom. The Labute approximate surface area is 206 Å². The van der Waals surface area contributed by atoms with Crippen LogP contribution < -0.4 is 10.6 Å². The van der Waals surface area contributed by atoms with E-state index in [9.17, 15) is 14.4 Å². The van der Waals surface area contributed by atoms with E-state index in [0.717, 1.165) is 31.2 Å². The molecule has 188 valence electrons. The van der Waals surface area contributed by atoms with Crippen molar-refractivity contribution in [2.45, 2.75) is 57.2 Å². The molecule has 3 rings (SSSR count). The first-order valence-corrected chi connectivity index (χ1v) is 12.7. The summed E-state index contributed by atoms with van der Waals surface area (Å²) >= 11 is 5.80. The molecule has 1 aliphatic heterocycles. The highest BCUT2D eigenvalue weighted by atomic mass is 35.5. The number of nitrogens with one attached hydrogen (secondary N) is 2. The summed E-state index contributed by atoms with van der Waals surface area (Å²) in [5.74, 6) is -0.559. The van der Waals surface area contributed by atoms with E-state index in [4.69, 9.17) is 21.1 Å². The Kier molecular flexibility index (Phi) is 11.1. The van der Waals surface area contributed by atoms with Crippen LogP contribution in [0, 0.1) is 5.92 Å². The topological polar surface area (TPSA) is 97.0 Å². The van der Waals surface area contributed by atoms with Crippen molar-refractivity contribution in [2.24, 2.45) is 5.92 Å². The number of Topliss-reactive ketones (excluding diaryl/α,β-unsaturated/α-hetero) is 1. The number of hydrogen-bond acceptors (Lipinski definition) is 5. The third-order valence-corrected chi connectivity index (χ3v) is 6.70. The van der Waals surface area contributed by atoms with Crippen LogP contribution in [0.3, 0.4) is 0 Å². The van der Waals surface area contributed by atoms with Gasteiger partial charge in [-0.2, -0.15) is 0 Å². The van der Waals surface area contributed by atoms with Crippen molar-refractivity contribution >= 4 is 29.3 Å². The lowest BCUT2D eigenvalue weighted by Crippen LogP contribution is -2.56. The third kappa shape index (κ3) is 8.56. The second kappa shape index (κ2) is 14.3. The summed E-state index contributed by atoms with van der Waals surface area (Å²) in [5, 5.41) is 5.71. The van der Waals surface area contributed by atoms with Crippen molar-refractivity contribution in [1.29, 1.82) is 0 Å². The molecule has 0 spiro atoms. The van der Waals surface area contributed by atoms with E-state index < -0.39 is 12.1 Å². The van der Waals surface area contributed by atoms with Gasteiger partial charge in [-0.15, -0.1) is 11.6 Å². The van der Waals surface area contributed by atoms with Gasteiger partial charge in [-0.3, -0.25) is 9.59 Å². The molecule has 1 aromatic rings. The molecule has 2 aliphatic rings. The first-order chi connectivity index (χ1) is 16.6. The fourth-order valence-corrected chi connectivity index (χ4v) is 4.63. The van der Waals surface area contributed by atoms with Crippen LogP contribution in [0.15, 0.2) is 30.3 Å². The lowest BCUT2D eigenvalue weighted by Gasteiger charge is -2.31. The molecule has 1 aliphatic carbocycles. The SMILES string of the molecule is O=C(CCl)[C@H](COCc1ccccc1)NC(=O)[C@H](CC1CCCCC1)NC(=O)N1CCOCC1. The van der Waals surface area contributed by atoms with Crippen LogP contribution in [0.4, 0.5) is 4.79 Å². The highest BCUT2D eigenvalue weighted by Gasteiger charge is 2.31. The second-order valence-corrected chi connectivity index (χ2v) is 9.27. The fraction of sp³-hybridized carbons (Fsp3) is 0.640. The van der Waals surface area contributed by atoms with Gasteiger partial charge in [0.25, 0.3) is 0 Å². The molecular weight excluding hydrogens is 458 g/mol. The van der Waals surface area contributed by atoms with Gasteiger partial charge in [0.1, 0.15) is 12.1 Å². The van der Waals surface area contributed by atoms with E-state index in [0.29, 0.717) is 45.2 Å². The van der Waals surface area contributed by atoms with E-state index >= 15 is 0 Å². The van der Waals surface area contributed by atoms with E-state index in [1.54, 1.807) is 4.90 Å². The summed E-state index contributed by atoms with van der Waals surface area (Å²) in [5.41, 5.74) is 0.971. The molecule has 3 amide bonds. The molecule has 2 N–H and O–H groups in total. The van der Waals surface area contributed by atoms with Crippen molar-refractivity contribution in [2.75, 3.05) is 38.8 Å². The molecule has 0 unspecified atom stereocenters. The minimum atomic E-state index is -0.872. The molecule has 34 heavy (non-hydrogen) atoms. The zero-order valence-electron chi connectivity index (χ0n) is 19.7. The van der Waals surface area contributed by atoms with Crippen molar-refractivity contribution in [3.05, 3.63) is 35.9 Å². The highest BCUT2D eigenvalue weighted by molar-refractivity contribution is 6.28. The van der Waals surface area contributed by atoms with E-state index in [1.807, 2.05) is 30.3 Å². The van der Waals surface area contributed by atoms with Gasteiger partial charge in [0.05, 0.1) is 32.3 Å². The predicted molar refractivity (Wildman–Crippen MR) is 130 cm³/mol. The van der Waals surface area contributed by atoms with Crippen LogP contribution in [0.5, 0.6) is 0 Å². The molecule has 1 saturated heterocycles. The Morgan fingerprint density at radius 3 is 2.41 bits per heavy atom. The summed E-state index contributed by atoms with van der Waals surface area (Å²) < 4.78 is 11.0. The number of nitrogens with zero attached hydrogens (tertiary/aromatic N) is 1. The maximum atomic E-state index is 13.3. The van der Waals surface area contributed by atoms with E-state index in [2.05, 4.69) is 10.6 Å². The average Bonchev–Trinajstić information content (AvgIpc) is 2.88. The number of morpholine rings is 1. The van der Waals surface area contributed by atoms with Crippen LogP contribution in [-0.4, -0.2) is 73.5 Å². The lowest BCUT2D eigenvalue weighted by molar-refractivity contribution is -0.129. The predicted octanol–water partition coefficient (Wildman–Crippen LogP) is 2.88. The van der Waals surface area contributed by atoms with E-state index in [-0.39, 0.29) is 30.2 Å². The van der Waals surface area contributed by atoms with Gasteiger partial charge < -0.3 is 25.0 Å². The molecule has 9 heteroatoms. The molecule has 0 aromatic heterocycles. The maximum Gasteiger partial charge on any atom is 0.318 e. The molecule has 2 atom stereocenters. The molecule has 2 fully saturated rings. The molecule has 0 bridgehead atoms. The summed E-state index contributed by atoms with van der Waals surface area (Å²) in [4.78, 5) is 40.2. The molecular formula is C25H36ClN3O5. The fourth-order valence-electron chi connectivity index (χ4n) is 4.44. The van der Waals surface area contributed by atoms with Crippen molar-refractivity contribution in [3.8, 4) is 0 Å². The first-order valence-electron chi connectivity index (χ1n) is 12.2. The maximum absolute atomic E-state index is 13.3. The number of halogens is 1. The van der Waals surface area contributed by atoms with Crippen LogP contribution in [0.25, 0.3) is 0 Å². The molecule has 1 aromatic carbocycles. The smallest absolute Gasteiger partial charge is 0.318 e. The number of benzene rings is 1. The van der Waals surface area contributed by atoms with Gasteiger partial charge in [-0.1, -0.05) is 62.4 Å².